The van der Waals surface area contributed by atoms with Crippen molar-refractivity contribution in [3.05, 3.63) is 52.3 Å². The average molecular weight is 462 g/mol. The molecule has 0 unspecified atom stereocenters. The van der Waals surface area contributed by atoms with Crippen molar-refractivity contribution in [2.45, 2.75) is 65.3 Å². The molecule has 3 aromatic heterocycles. The highest BCUT2D eigenvalue weighted by Gasteiger charge is 2.27. The summed E-state index contributed by atoms with van der Waals surface area (Å²) in [7, 11) is 0. The molecule has 1 fully saturated rings. The maximum absolute atomic E-state index is 13.2. The first kappa shape index (κ1) is 22.0. The van der Waals surface area contributed by atoms with Crippen molar-refractivity contribution in [3.63, 3.8) is 0 Å². The number of rotatable bonds is 5. The molecule has 0 aliphatic carbocycles. The van der Waals surface area contributed by atoms with E-state index in [9.17, 15) is 4.79 Å². The smallest absolute Gasteiger partial charge is 0.222 e. The highest BCUT2D eigenvalue weighted by atomic mass is 32.1. The van der Waals surface area contributed by atoms with Gasteiger partial charge in [-0.3, -0.25) is 4.79 Å². The number of pyridine rings is 1. The van der Waals surface area contributed by atoms with Crippen molar-refractivity contribution in [2.24, 2.45) is 0 Å². The monoisotopic (exact) mass is 461 g/mol. The number of likely N-dealkylation sites (tertiary alicyclic amines) is 1. The van der Waals surface area contributed by atoms with E-state index in [-0.39, 0.29) is 11.9 Å². The molecule has 0 radical (unpaired) electrons. The molecule has 0 saturated carbocycles. The van der Waals surface area contributed by atoms with Crippen LogP contribution in [0.5, 0.6) is 0 Å². The number of hydrogen-bond donors (Lipinski definition) is 0. The Morgan fingerprint density at radius 3 is 2.82 bits per heavy atom. The summed E-state index contributed by atoms with van der Waals surface area (Å²) < 4.78 is 3.20. The molecule has 6 nitrogen and oxygen atoms in total. The molecule has 0 N–H and O–H groups in total. The second-order valence-corrected chi connectivity index (χ2v) is 10.5. The van der Waals surface area contributed by atoms with Gasteiger partial charge in [-0.2, -0.15) is 5.10 Å². The summed E-state index contributed by atoms with van der Waals surface area (Å²) in [5.74, 6) is 0.570. The number of carbonyl (C=O) groups excluding carboxylic acids is 1. The first-order valence-electron chi connectivity index (χ1n) is 11.9. The lowest BCUT2D eigenvalue weighted by Gasteiger charge is -2.32. The SMILES string of the molecule is Cc1nc2c(cnn2C(C)C)c(C)c1CCC(=O)N1CCC[C@H](c2nc3ccccc3s2)C1. The van der Waals surface area contributed by atoms with Crippen LogP contribution in [-0.2, 0) is 11.2 Å². The lowest BCUT2D eigenvalue weighted by molar-refractivity contribution is -0.132. The molecular formula is C26H31N5OS. The molecule has 1 amide bonds. The molecule has 0 spiro atoms. The third kappa shape index (κ3) is 4.14. The van der Waals surface area contributed by atoms with Crippen LogP contribution in [0, 0.1) is 13.8 Å². The van der Waals surface area contributed by atoms with Crippen molar-refractivity contribution < 1.29 is 4.79 Å². The Hall–Kier alpha value is -2.80. The summed E-state index contributed by atoms with van der Waals surface area (Å²) in [5.41, 5.74) is 5.38. The number of thiazole rings is 1. The molecule has 1 atom stereocenters. The maximum Gasteiger partial charge on any atom is 0.222 e. The number of piperidine rings is 1. The van der Waals surface area contributed by atoms with Crippen LogP contribution in [0.4, 0.5) is 0 Å². The number of aryl methyl sites for hydroxylation is 2. The molecule has 4 aromatic rings. The van der Waals surface area contributed by atoms with Gasteiger partial charge in [-0.25, -0.2) is 14.6 Å². The molecule has 1 aliphatic rings. The second-order valence-electron chi connectivity index (χ2n) is 9.42. The maximum atomic E-state index is 13.2. The van der Waals surface area contributed by atoms with Gasteiger partial charge < -0.3 is 4.90 Å². The van der Waals surface area contributed by atoms with E-state index >= 15 is 0 Å². The zero-order chi connectivity index (χ0) is 23.1. The number of benzene rings is 1. The second kappa shape index (κ2) is 8.86. The largest absolute Gasteiger partial charge is 0.342 e. The van der Waals surface area contributed by atoms with Gasteiger partial charge in [-0.1, -0.05) is 12.1 Å². The molecule has 33 heavy (non-hydrogen) atoms. The molecule has 0 bridgehead atoms. The van der Waals surface area contributed by atoms with Crippen molar-refractivity contribution >= 4 is 38.5 Å². The van der Waals surface area contributed by atoms with Crippen LogP contribution in [0.2, 0.25) is 0 Å². The summed E-state index contributed by atoms with van der Waals surface area (Å²) in [6.07, 6.45) is 5.28. The third-order valence-corrected chi connectivity index (χ3v) is 8.05. The standard InChI is InChI=1S/C26H31N5OS/c1-16(2)31-25-21(14-27-31)17(3)20(18(4)28-25)11-12-24(32)30-13-7-8-19(15-30)26-29-22-9-5-6-10-23(22)33-26/h5-6,9-10,14,16,19H,7-8,11-13,15H2,1-4H3/t19-/m0/s1. The highest BCUT2D eigenvalue weighted by molar-refractivity contribution is 7.18. The minimum absolute atomic E-state index is 0.234. The average Bonchev–Trinajstić information content (AvgIpc) is 3.43. The van der Waals surface area contributed by atoms with E-state index in [1.54, 1.807) is 11.3 Å². The van der Waals surface area contributed by atoms with Crippen molar-refractivity contribution in [1.29, 1.82) is 0 Å². The molecule has 1 aromatic carbocycles. The Labute approximate surface area is 198 Å². The summed E-state index contributed by atoms with van der Waals surface area (Å²) in [5, 5.41) is 6.79. The summed E-state index contributed by atoms with van der Waals surface area (Å²) >= 11 is 1.77. The number of amides is 1. The van der Waals surface area contributed by atoms with Crippen molar-refractivity contribution in [1.82, 2.24) is 24.6 Å². The van der Waals surface area contributed by atoms with E-state index in [2.05, 4.69) is 44.1 Å². The van der Waals surface area contributed by atoms with E-state index in [1.807, 2.05) is 28.8 Å². The molecular weight excluding hydrogens is 430 g/mol. The van der Waals surface area contributed by atoms with Gasteiger partial charge in [0.2, 0.25) is 5.91 Å². The van der Waals surface area contributed by atoms with E-state index in [0.717, 1.165) is 53.2 Å². The first-order valence-corrected chi connectivity index (χ1v) is 12.7. The number of hydrogen-bond acceptors (Lipinski definition) is 5. The van der Waals surface area contributed by atoms with Crippen LogP contribution in [0.3, 0.4) is 0 Å². The minimum atomic E-state index is 0.234. The van der Waals surface area contributed by atoms with Gasteiger partial charge in [0.05, 0.1) is 21.4 Å². The van der Waals surface area contributed by atoms with Gasteiger partial charge in [-0.05, 0) is 70.2 Å². The van der Waals surface area contributed by atoms with Crippen LogP contribution in [0.1, 0.15) is 66.9 Å². The van der Waals surface area contributed by atoms with Gasteiger partial charge in [0.25, 0.3) is 0 Å². The summed E-state index contributed by atoms with van der Waals surface area (Å²) in [6, 6.07) is 8.56. The molecule has 7 heteroatoms. The Bertz CT molecular complexity index is 1290. The number of fused-ring (bicyclic) bond motifs is 2. The predicted octanol–water partition coefficient (Wildman–Crippen LogP) is 5.58. The minimum Gasteiger partial charge on any atom is -0.342 e. The Morgan fingerprint density at radius 2 is 2.03 bits per heavy atom. The fraction of sp³-hybridized carbons (Fsp3) is 0.462. The van der Waals surface area contributed by atoms with Gasteiger partial charge in [0.15, 0.2) is 5.65 Å². The van der Waals surface area contributed by atoms with E-state index in [4.69, 9.17) is 9.97 Å². The van der Waals surface area contributed by atoms with Crippen LogP contribution in [-0.4, -0.2) is 43.6 Å². The van der Waals surface area contributed by atoms with Crippen LogP contribution < -0.4 is 0 Å². The van der Waals surface area contributed by atoms with Gasteiger partial charge in [0.1, 0.15) is 0 Å². The molecule has 4 heterocycles. The van der Waals surface area contributed by atoms with E-state index in [1.165, 1.54) is 15.8 Å². The molecule has 5 rings (SSSR count). The summed E-state index contributed by atoms with van der Waals surface area (Å²) in [4.78, 5) is 24.9. The fourth-order valence-corrected chi connectivity index (χ4v) is 6.09. The number of nitrogens with zero attached hydrogens (tertiary/aromatic N) is 5. The van der Waals surface area contributed by atoms with Crippen LogP contribution >= 0.6 is 11.3 Å². The predicted molar refractivity (Wildman–Crippen MR) is 134 cm³/mol. The zero-order valence-electron chi connectivity index (χ0n) is 19.8. The van der Waals surface area contributed by atoms with Crippen LogP contribution in [0.15, 0.2) is 30.5 Å². The van der Waals surface area contributed by atoms with Gasteiger partial charge >= 0.3 is 0 Å². The number of carbonyl (C=O) groups is 1. The van der Waals surface area contributed by atoms with Gasteiger partial charge in [-0.15, -0.1) is 11.3 Å². The van der Waals surface area contributed by atoms with Gasteiger partial charge in [0, 0.05) is 42.6 Å². The summed E-state index contributed by atoms with van der Waals surface area (Å²) in [6.45, 7) is 10.0. The Kier molecular flexibility index (Phi) is 5.91. The number of aromatic nitrogens is 4. The highest BCUT2D eigenvalue weighted by Crippen LogP contribution is 2.33. The number of para-hydroxylation sites is 1. The lowest BCUT2D eigenvalue weighted by Crippen LogP contribution is -2.39. The molecule has 1 saturated heterocycles. The third-order valence-electron chi connectivity index (χ3n) is 6.85. The van der Waals surface area contributed by atoms with E-state index in [0.29, 0.717) is 18.8 Å². The van der Waals surface area contributed by atoms with Crippen molar-refractivity contribution in [3.8, 4) is 0 Å². The first-order chi connectivity index (χ1) is 15.9. The molecule has 1 aliphatic heterocycles. The zero-order valence-corrected chi connectivity index (χ0v) is 20.7. The Balaban J connectivity index is 1.29. The lowest BCUT2D eigenvalue weighted by atomic mass is 9.97. The quantitative estimate of drug-likeness (QED) is 0.389. The Morgan fingerprint density at radius 1 is 1.21 bits per heavy atom. The van der Waals surface area contributed by atoms with E-state index < -0.39 is 0 Å². The normalized spacial score (nSPS) is 16.9. The molecule has 172 valence electrons. The fourth-order valence-electron chi connectivity index (χ4n) is 5.00. The van der Waals surface area contributed by atoms with Crippen LogP contribution in [0.25, 0.3) is 21.3 Å². The van der Waals surface area contributed by atoms with Crippen molar-refractivity contribution in [2.75, 3.05) is 13.1 Å². The topological polar surface area (TPSA) is 63.9 Å².